The van der Waals surface area contributed by atoms with Gasteiger partial charge in [0, 0.05) is 24.1 Å². The van der Waals surface area contributed by atoms with Gasteiger partial charge in [-0.25, -0.2) is 13.1 Å². The van der Waals surface area contributed by atoms with Crippen LogP contribution in [0.25, 0.3) is 0 Å². The molecular weight excluding hydrogens is 416 g/mol. The largest absolute Gasteiger partial charge is 0.497 e. The summed E-state index contributed by atoms with van der Waals surface area (Å²) < 4.78 is 33.1. The van der Waals surface area contributed by atoms with Crippen LogP contribution in [0.1, 0.15) is 16.7 Å². The Kier molecular flexibility index (Phi) is 6.28. The van der Waals surface area contributed by atoms with Gasteiger partial charge in [-0.15, -0.1) is 12.4 Å². The predicted molar refractivity (Wildman–Crippen MR) is 99.0 cm³/mol. The molecular formula is C16H18BrClN2O3S. The van der Waals surface area contributed by atoms with Crippen LogP contribution in [0, 0.1) is 0 Å². The Labute approximate surface area is 156 Å². The summed E-state index contributed by atoms with van der Waals surface area (Å²) in [5.41, 5.74) is 3.45. The van der Waals surface area contributed by atoms with E-state index in [9.17, 15) is 8.42 Å². The SMILES string of the molecule is COc1ccc(S(=O)(=O)NCc2ccc3c(c2)CNC3)c(Br)c1.Cl. The lowest BCUT2D eigenvalue weighted by Gasteiger charge is -2.10. The Bertz CT molecular complexity index is 843. The summed E-state index contributed by atoms with van der Waals surface area (Å²) in [6.45, 7) is 1.97. The average molecular weight is 434 g/mol. The molecule has 0 saturated heterocycles. The first kappa shape index (κ1) is 19.2. The molecule has 2 aromatic rings. The minimum Gasteiger partial charge on any atom is -0.497 e. The summed E-state index contributed by atoms with van der Waals surface area (Å²) in [6, 6.07) is 10.8. The summed E-state index contributed by atoms with van der Waals surface area (Å²) in [5, 5.41) is 3.27. The number of benzene rings is 2. The molecule has 0 saturated carbocycles. The average Bonchev–Trinajstić information content (AvgIpc) is 3.00. The Morgan fingerprint density at radius 2 is 1.92 bits per heavy atom. The zero-order valence-corrected chi connectivity index (χ0v) is 16.2. The number of halogens is 2. The van der Waals surface area contributed by atoms with Crippen molar-refractivity contribution in [3.8, 4) is 5.75 Å². The third-order valence-electron chi connectivity index (χ3n) is 3.80. The van der Waals surface area contributed by atoms with E-state index in [0.29, 0.717) is 10.2 Å². The second-order valence-electron chi connectivity index (χ2n) is 5.33. The highest BCUT2D eigenvalue weighted by Gasteiger charge is 2.18. The lowest BCUT2D eigenvalue weighted by molar-refractivity contribution is 0.414. The standard InChI is InChI=1S/C16H17BrN2O3S.ClH/c1-22-14-4-5-16(15(17)7-14)23(20,21)19-8-11-2-3-12-9-18-10-13(12)6-11;/h2-7,18-19H,8-10H2,1H3;1H. The van der Waals surface area contributed by atoms with Gasteiger partial charge in [-0.3, -0.25) is 0 Å². The fourth-order valence-electron chi connectivity index (χ4n) is 2.54. The molecule has 0 amide bonds. The van der Waals surface area contributed by atoms with E-state index in [1.165, 1.54) is 24.3 Å². The maximum absolute atomic E-state index is 12.5. The molecule has 0 unspecified atom stereocenters. The smallest absolute Gasteiger partial charge is 0.241 e. The Morgan fingerprint density at radius 3 is 2.62 bits per heavy atom. The van der Waals surface area contributed by atoms with Crippen molar-refractivity contribution in [3.63, 3.8) is 0 Å². The lowest BCUT2D eigenvalue weighted by atomic mass is 10.1. The maximum Gasteiger partial charge on any atom is 0.241 e. The van der Waals surface area contributed by atoms with Crippen molar-refractivity contribution < 1.29 is 13.2 Å². The van der Waals surface area contributed by atoms with Crippen LogP contribution in [0.2, 0.25) is 0 Å². The fraction of sp³-hybridized carbons (Fsp3) is 0.250. The predicted octanol–water partition coefficient (Wildman–Crippen LogP) is 2.96. The summed E-state index contributed by atoms with van der Waals surface area (Å²) in [4.78, 5) is 0.195. The second-order valence-corrected chi connectivity index (χ2v) is 7.92. The third kappa shape index (κ3) is 4.10. The molecule has 0 aliphatic carbocycles. The quantitative estimate of drug-likeness (QED) is 0.761. The van der Waals surface area contributed by atoms with Crippen molar-refractivity contribution in [2.45, 2.75) is 24.5 Å². The van der Waals surface area contributed by atoms with Gasteiger partial charge in [-0.2, -0.15) is 0 Å². The first-order valence-electron chi connectivity index (χ1n) is 7.14. The molecule has 0 fully saturated rings. The second kappa shape index (κ2) is 7.84. The van der Waals surface area contributed by atoms with Crippen molar-refractivity contribution in [2.24, 2.45) is 0 Å². The minimum absolute atomic E-state index is 0. The van der Waals surface area contributed by atoms with Crippen molar-refractivity contribution in [3.05, 3.63) is 57.6 Å². The zero-order chi connectivity index (χ0) is 16.4. The number of ether oxygens (including phenoxy) is 1. The van der Waals surface area contributed by atoms with Gasteiger partial charge < -0.3 is 10.1 Å². The van der Waals surface area contributed by atoms with E-state index in [2.05, 4.69) is 26.0 Å². The van der Waals surface area contributed by atoms with E-state index in [0.717, 1.165) is 18.7 Å². The lowest BCUT2D eigenvalue weighted by Crippen LogP contribution is -2.23. The van der Waals surface area contributed by atoms with E-state index >= 15 is 0 Å². The van der Waals surface area contributed by atoms with E-state index in [4.69, 9.17) is 4.74 Å². The highest BCUT2D eigenvalue weighted by atomic mass is 79.9. The topological polar surface area (TPSA) is 67.4 Å². The van der Waals surface area contributed by atoms with Crippen molar-refractivity contribution in [1.29, 1.82) is 0 Å². The highest BCUT2D eigenvalue weighted by Crippen LogP contribution is 2.26. The van der Waals surface area contributed by atoms with Gasteiger partial charge in [0.1, 0.15) is 5.75 Å². The number of fused-ring (bicyclic) bond motifs is 1. The van der Waals surface area contributed by atoms with Gasteiger partial charge in [-0.1, -0.05) is 18.2 Å². The molecule has 0 spiro atoms. The van der Waals surface area contributed by atoms with Crippen LogP contribution in [-0.2, 0) is 29.7 Å². The third-order valence-corrected chi connectivity index (χ3v) is 6.17. The first-order valence-corrected chi connectivity index (χ1v) is 9.42. The normalized spacial score (nSPS) is 13.2. The monoisotopic (exact) mass is 432 g/mol. The number of hydrogen-bond donors (Lipinski definition) is 2. The van der Waals surface area contributed by atoms with Crippen LogP contribution in [-0.4, -0.2) is 15.5 Å². The van der Waals surface area contributed by atoms with Crippen LogP contribution < -0.4 is 14.8 Å². The molecule has 1 aliphatic heterocycles. The molecule has 3 rings (SSSR count). The van der Waals surface area contributed by atoms with Crippen molar-refractivity contribution in [1.82, 2.24) is 10.0 Å². The van der Waals surface area contributed by atoms with Crippen molar-refractivity contribution in [2.75, 3.05) is 7.11 Å². The molecule has 0 radical (unpaired) electrons. The molecule has 5 nitrogen and oxygen atoms in total. The number of methoxy groups -OCH3 is 1. The molecule has 0 aromatic heterocycles. The fourth-order valence-corrected chi connectivity index (χ4v) is 4.61. The molecule has 1 aliphatic rings. The summed E-state index contributed by atoms with van der Waals surface area (Å²) in [6.07, 6.45) is 0. The van der Waals surface area contributed by atoms with Crippen LogP contribution in [0.3, 0.4) is 0 Å². The molecule has 24 heavy (non-hydrogen) atoms. The molecule has 8 heteroatoms. The Hall–Kier alpha value is -1.12. The van der Waals surface area contributed by atoms with Gasteiger partial charge in [0.05, 0.1) is 12.0 Å². The molecule has 0 atom stereocenters. The number of rotatable bonds is 5. The van der Waals surface area contributed by atoms with Crippen LogP contribution in [0.4, 0.5) is 0 Å². The zero-order valence-electron chi connectivity index (χ0n) is 13.0. The van der Waals surface area contributed by atoms with Crippen molar-refractivity contribution >= 4 is 38.4 Å². The van der Waals surface area contributed by atoms with E-state index in [-0.39, 0.29) is 23.8 Å². The molecule has 0 bridgehead atoms. The summed E-state index contributed by atoms with van der Waals surface area (Å²) in [7, 11) is -2.06. The first-order chi connectivity index (χ1) is 11.0. The van der Waals surface area contributed by atoms with E-state index in [1.807, 2.05) is 18.2 Å². The number of sulfonamides is 1. The van der Waals surface area contributed by atoms with Gasteiger partial charge in [-0.05, 0) is 50.8 Å². The number of hydrogen-bond acceptors (Lipinski definition) is 4. The Morgan fingerprint density at radius 1 is 1.17 bits per heavy atom. The van der Waals surface area contributed by atoms with Gasteiger partial charge >= 0.3 is 0 Å². The summed E-state index contributed by atoms with van der Waals surface area (Å²) >= 11 is 3.28. The highest BCUT2D eigenvalue weighted by molar-refractivity contribution is 9.10. The van der Waals surface area contributed by atoms with Crippen LogP contribution in [0.5, 0.6) is 5.75 Å². The molecule has 1 heterocycles. The van der Waals surface area contributed by atoms with Gasteiger partial charge in [0.2, 0.25) is 10.0 Å². The molecule has 130 valence electrons. The van der Waals surface area contributed by atoms with Gasteiger partial charge in [0.25, 0.3) is 0 Å². The maximum atomic E-state index is 12.5. The molecule has 2 N–H and O–H groups in total. The Balaban J connectivity index is 0.00000208. The van der Waals surface area contributed by atoms with E-state index < -0.39 is 10.0 Å². The van der Waals surface area contributed by atoms with E-state index in [1.54, 1.807) is 12.1 Å². The minimum atomic E-state index is -3.60. The molecule has 2 aromatic carbocycles. The number of nitrogens with one attached hydrogen (secondary N) is 2. The van der Waals surface area contributed by atoms with Crippen LogP contribution >= 0.6 is 28.3 Å². The van der Waals surface area contributed by atoms with Crippen LogP contribution in [0.15, 0.2) is 45.8 Å². The summed E-state index contributed by atoms with van der Waals surface area (Å²) in [5.74, 6) is 0.599. The van der Waals surface area contributed by atoms with Gasteiger partial charge in [0.15, 0.2) is 0 Å².